The normalized spacial score (nSPS) is 11.8. The molecule has 0 saturated carbocycles. The van der Waals surface area contributed by atoms with Crippen LogP contribution in [0.4, 0.5) is 5.69 Å². The third-order valence-corrected chi connectivity index (χ3v) is 3.77. The summed E-state index contributed by atoms with van der Waals surface area (Å²) in [4.78, 5) is 14.4. The number of anilines is 1. The van der Waals surface area contributed by atoms with Gasteiger partial charge >= 0.3 is 0 Å². The van der Waals surface area contributed by atoms with E-state index in [-0.39, 0.29) is 11.9 Å². The zero-order valence-corrected chi connectivity index (χ0v) is 14.7. The highest BCUT2D eigenvalue weighted by atomic mass is 16.5. The summed E-state index contributed by atoms with van der Waals surface area (Å²) < 4.78 is 5.07. The standard InChI is InChI=1S/C20H26N2O2/c1-16-9-11-19(12-10-16)22(13-18-7-5-4-6-8-18)14-20(23)21-17(2)15-24-3/h4-12,17H,13-15H2,1-3H3,(H,21,23). The van der Waals surface area contributed by atoms with Crippen LogP contribution in [0.2, 0.25) is 0 Å². The van der Waals surface area contributed by atoms with Crippen molar-refractivity contribution in [1.29, 1.82) is 0 Å². The summed E-state index contributed by atoms with van der Waals surface area (Å²) >= 11 is 0. The molecule has 0 radical (unpaired) electrons. The smallest absolute Gasteiger partial charge is 0.239 e. The Kier molecular flexibility index (Phi) is 6.82. The molecule has 0 heterocycles. The average molecular weight is 326 g/mol. The lowest BCUT2D eigenvalue weighted by molar-refractivity contribution is -0.120. The molecule has 1 amide bonds. The highest BCUT2D eigenvalue weighted by molar-refractivity contribution is 5.81. The number of methoxy groups -OCH3 is 1. The third-order valence-electron chi connectivity index (χ3n) is 3.77. The van der Waals surface area contributed by atoms with Crippen LogP contribution >= 0.6 is 0 Å². The molecule has 1 atom stereocenters. The lowest BCUT2D eigenvalue weighted by Crippen LogP contribution is -2.42. The first-order valence-electron chi connectivity index (χ1n) is 8.22. The van der Waals surface area contributed by atoms with Crippen LogP contribution in [0, 0.1) is 6.92 Å². The van der Waals surface area contributed by atoms with Crippen molar-refractivity contribution in [3.05, 3.63) is 65.7 Å². The minimum absolute atomic E-state index is 0.000840. The summed E-state index contributed by atoms with van der Waals surface area (Å²) in [6.45, 7) is 5.51. The van der Waals surface area contributed by atoms with Crippen molar-refractivity contribution < 1.29 is 9.53 Å². The van der Waals surface area contributed by atoms with Crippen molar-refractivity contribution >= 4 is 11.6 Å². The fourth-order valence-corrected chi connectivity index (χ4v) is 2.58. The van der Waals surface area contributed by atoms with Gasteiger partial charge in [0.2, 0.25) is 5.91 Å². The Morgan fingerprint density at radius 1 is 1.12 bits per heavy atom. The van der Waals surface area contributed by atoms with Gasteiger partial charge in [-0.25, -0.2) is 0 Å². The van der Waals surface area contributed by atoms with Crippen molar-refractivity contribution in [2.24, 2.45) is 0 Å². The molecule has 128 valence electrons. The number of rotatable bonds is 8. The zero-order valence-electron chi connectivity index (χ0n) is 14.7. The van der Waals surface area contributed by atoms with Gasteiger partial charge in [0.05, 0.1) is 13.2 Å². The Balaban J connectivity index is 2.10. The van der Waals surface area contributed by atoms with Gasteiger partial charge in [-0.3, -0.25) is 4.79 Å². The van der Waals surface area contributed by atoms with Crippen LogP contribution in [-0.4, -0.2) is 32.2 Å². The van der Waals surface area contributed by atoms with Crippen LogP contribution in [0.3, 0.4) is 0 Å². The van der Waals surface area contributed by atoms with Gasteiger partial charge in [0.15, 0.2) is 0 Å². The van der Waals surface area contributed by atoms with Crippen LogP contribution in [0.5, 0.6) is 0 Å². The molecule has 24 heavy (non-hydrogen) atoms. The van der Waals surface area contributed by atoms with Crippen LogP contribution in [0.15, 0.2) is 54.6 Å². The van der Waals surface area contributed by atoms with Crippen LogP contribution in [0.25, 0.3) is 0 Å². The van der Waals surface area contributed by atoms with E-state index < -0.39 is 0 Å². The Morgan fingerprint density at radius 3 is 2.42 bits per heavy atom. The second-order valence-electron chi connectivity index (χ2n) is 6.10. The fraction of sp³-hybridized carbons (Fsp3) is 0.350. The number of benzene rings is 2. The van der Waals surface area contributed by atoms with E-state index in [4.69, 9.17) is 4.74 Å². The molecule has 0 saturated heterocycles. The van der Waals surface area contributed by atoms with Crippen molar-refractivity contribution in [2.45, 2.75) is 26.4 Å². The molecule has 4 heteroatoms. The summed E-state index contributed by atoms with van der Waals surface area (Å²) in [5.41, 5.74) is 3.42. The number of aryl methyl sites for hydroxylation is 1. The number of nitrogens with one attached hydrogen (secondary N) is 1. The summed E-state index contributed by atoms with van der Waals surface area (Å²) in [7, 11) is 1.64. The van der Waals surface area contributed by atoms with Gasteiger partial charge in [-0.05, 0) is 31.5 Å². The van der Waals surface area contributed by atoms with Gasteiger partial charge in [-0.2, -0.15) is 0 Å². The van der Waals surface area contributed by atoms with Crippen molar-refractivity contribution in [1.82, 2.24) is 5.32 Å². The predicted octanol–water partition coefficient (Wildman–Crippen LogP) is 3.15. The lowest BCUT2D eigenvalue weighted by atomic mass is 10.1. The van der Waals surface area contributed by atoms with Gasteiger partial charge in [-0.1, -0.05) is 48.0 Å². The van der Waals surface area contributed by atoms with E-state index in [1.165, 1.54) is 11.1 Å². The fourth-order valence-electron chi connectivity index (χ4n) is 2.58. The van der Waals surface area contributed by atoms with Crippen molar-refractivity contribution in [3.63, 3.8) is 0 Å². The molecule has 0 fully saturated rings. The van der Waals surface area contributed by atoms with Gasteiger partial charge in [-0.15, -0.1) is 0 Å². The maximum absolute atomic E-state index is 12.4. The van der Waals surface area contributed by atoms with Crippen LogP contribution in [0.1, 0.15) is 18.1 Å². The van der Waals surface area contributed by atoms with Crippen molar-refractivity contribution in [3.8, 4) is 0 Å². The quantitative estimate of drug-likeness (QED) is 0.810. The van der Waals surface area contributed by atoms with E-state index in [1.54, 1.807) is 7.11 Å². The molecule has 2 aromatic rings. The summed E-state index contributed by atoms with van der Waals surface area (Å²) in [6.07, 6.45) is 0. The topological polar surface area (TPSA) is 41.6 Å². The molecule has 4 nitrogen and oxygen atoms in total. The van der Waals surface area contributed by atoms with Gasteiger partial charge in [0.1, 0.15) is 0 Å². The summed E-state index contributed by atoms with van der Waals surface area (Å²) in [5, 5.41) is 2.97. The molecule has 0 aromatic heterocycles. The molecule has 0 aliphatic carbocycles. The second-order valence-corrected chi connectivity index (χ2v) is 6.10. The molecule has 0 spiro atoms. The van der Waals surface area contributed by atoms with E-state index in [2.05, 4.69) is 53.5 Å². The van der Waals surface area contributed by atoms with Gasteiger partial charge in [0, 0.05) is 25.4 Å². The minimum atomic E-state index is -0.00365. The Hall–Kier alpha value is -2.33. The number of ether oxygens (including phenoxy) is 1. The first kappa shape index (κ1) is 18.0. The highest BCUT2D eigenvalue weighted by Gasteiger charge is 2.14. The Bertz CT molecular complexity index is 626. The Labute approximate surface area is 144 Å². The highest BCUT2D eigenvalue weighted by Crippen LogP contribution is 2.18. The number of carbonyl (C=O) groups excluding carboxylic acids is 1. The first-order chi connectivity index (χ1) is 11.6. The maximum Gasteiger partial charge on any atom is 0.239 e. The Morgan fingerprint density at radius 2 is 1.79 bits per heavy atom. The predicted molar refractivity (Wildman–Crippen MR) is 98.2 cm³/mol. The monoisotopic (exact) mass is 326 g/mol. The zero-order chi connectivity index (χ0) is 17.4. The molecule has 0 aliphatic rings. The first-order valence-corrected chi connectivity index (χ1v) is 8.22. The van der Waals surface area contributed by atoms with E-state index in [0.717, 1.165) is 5.69 Å². The SMILES string of the molecule is COCC(C)NC(=O)CN(Cc1ccccc1)c1ccc(C)cc1. The molecule has 1 unspecified atom stereocenters. The number of amides is 1. The van der Waals surface area contributed by atoms with Crippen molar-refractivity contribution in [2.75, 3.05) is 25.2 Å². The van der Waals surface area contributed by atoms with Gasteiger partial charge < -0.3 is 15.0 Å². The maximum atomic E-state index is 12.4. The van der Waals surface area contributed by atoms with Crippen LogP contribution < -0.4 is 10.2 Å². The largest absolute Gasteiger partial charge is 0.383 e. The third kappa shape index (κ3) is 5.70. The van der Waals surface area contributed by atoms with Gasteiger partial charge in [0.25, 0.3) is 0 Å². The molecular weight excluding hydrogens is 300 g/mol. The molecular formula is C20H26N2O2. The van der Waals surface area contributed by atoms with Crippen LogP contribution in [-0.2, 0) is 16.1 Å². The number of hydrogen-bond donors (Lipinski definition) is 1. The molecule has 1 N–H and O–H groups in total. The lowest BCUT2D eigenvalue weighted by Gasteiger charge is -2.25. The van der Waals surface area contributed by atoms with E-state index in [9.17, 15) is 4.79 Å². The molecule has 2 rings (SSSR count). The minimum Gasteiger partial charge on any atom is -0.383 e. The number of hydrogen-bond acceptors (Lipinski definition) is 3. The second kappa shape index (κ2) is 9.08. The number of nitrogens with zero attached hydrogens (tertiary/aromatic N) is 1. The average Bonchev–Trinajstić information content (AvgIpc) is 2.56. The number of carbonyl (C=O) groups is 1. The molecule has 2 aromatic carbocycles. The van der Waals surface area contributed by atoms with E-state index in [0.29, 0.717) is 19.7 Å². The summed E-state index contributed by atoms with van der Waals surface area (Å²) in [5.74, 6) is -0.00365. The van der Waals surface area contributed by atoms with E-state index in [1.807, 2.05) is 25.1 Å². The summed E-state index contributed by atoms with van der Waals surface area (Å²) in [6, 6.07) is 18.4. The van der Waals surface area contributed by atoms with E-state index >= 15 is 0 Å². The molecule has 0 aliphatic heterocycles. The molecule has 0 bridgehead atoms.